The van der Waals surface area contributed by atoms with Crippen LogP contribution in [-0.4, -0.2) is 28.8 Å². The smallest absolute Gasteiger partial charge is 0.261 e. The quantitative estimate of drug-likeness (QED) is 0.845. The summed E-state index contributed by atoms with van der Waals surface area (Å²) in [5.74, 6) is 0. The van der Waals surface area contributed by atoms with E-state index in [2.05, 4.69) is 40.7 Å². The molecule has 1 unspecified atom stereocenters. The maximum absolute atomic E-state index is 9.19. The number of benzene rings is 1. The number of imidazole rings is 1. The Hall–Kier alpha value is -1.66. The summed E-state index contributed by atoms with van der Waals surface area (Å²) < 4.78 is 28.0. The van der Waals surface area contributed by atoms with Gasteiger partial charge in [-0.3, -0.25) is 4.55 Å². The van der Waals surface area contributed by atoms with Gasteiger partial charge in [-0.2, -0.15) is 8.42 Å². The highest BCUT2D eigenvalue weighted by Gasteiger charge is 2.04. The first-order valence-corrected chi connectivity index (χ1v) is 7.17. The van der Waals surface area contributed by atoms with E-state index >= 15 is 0 Å². The van der Waals surface area contributed by atoms with Gasteiger partial charge in [-0.25, -0.2) is 4.98 Å². The molecule has 0 aliphatic rings. The molecule has 0 amide bonds. The molecule has 1 atom stereocenters. The van der Waals surface area contributed by atoms with E-state index in [9.17, 15) is 8.42 Å². The molecule has 0 fully saturated rings. The van der Waals surface area contributed by atoms with Crippen LogP contribution in [0.1, 0.15) is 18.5 Å². The fourth-order valence-electron chi connectivity index (χ4n) is 1.40. The van der Waals surface area contributed by atoms with Crippen LogP contribution in [0.3, 0.4) is 0 Å². The molecule has 6 heteroatoms. The Morgan fingerprint density at radius 2 is 1.83 bits per heavy atom. The Kier molecular flexibility index (Phi) is 5.06. The summed E-state index contributed by atoms with van der Waals surface area (Å²) in [6.07, 6.45) is 6.35. The molecule has 1 aromatic carbocycles. The van der Waals surface area contributed by atoms with Crippen molar-refractivity contribution in [3.63, 3.8) is 0 Å². The third-order valence-corrected chi connectivity index (χ3v) is 2.25. The first-order chi connectivity index (χ1) is 8.38. The SMILES string of the molecule is CC(c1ccccc1)n1ccnc1.CS(=O)(=O)O. The lowest BCUT2D eigenvalue weighted by Crippen LogP contribution is -2.03. The summed E-state index contributed by atoms with van der Waals surface area (Å²) in [7, 11) is -3.67. The second kappa shape index (κ2) is 6.32. The molecule has 2 aromatic rings. The van der Waals surface area contributed by atoms with Crippen molar-refractivity contribution >= 4 is 10.1 Å². The van der Waals surface area contributed by atoms with Gasteiger partial charge in [0.25, 0.3) is 10.1 Å². The first-order valence-electron chi connectivity index (χ1n) is 5.33. The number of hydrogen-bond acceptors (Lipinski definition) is 3. The van der Waals surface area contributed by atoms with Crippen LogP contribution in [0.15, 0.2) is 49.1 Å². The molecule has 18 heavy (non-hydrogen) atoms. The van der Waals surface area contributed by atoms with Gasteiger partial charge in [0.15, 0.2) is 0 Å². The molecule has 98 valence electrons. The molecule has 2 rings (SSSR count). The lowest BCUT2D eigenvalue weighted by molar-refractivity contribution is 0.490. The second-order valence-electron chi connectivity index (χ2n) is 3.83. The Balaban J connectivity index is 0.000000280. The Morgan fingerprint density at radius 3 is 2.28 bits per heavy atom. The predicted octanol–water partition coefficient (Wildman–Crippen LogP) is 2.00. The van der Waals surface area contributed by atoms with Crippen LogP contribution < -0.4 is 0 Å². The van der Waals surface area contributed by atoms with Crippen LogP contribution >= 0.6 is 0 Å². The highest BCUT2D eigenvalue weighted by Crippen LogP contribution is 2.15. The van der Waals surface area contributed by atoms with Crippen molar-refractivity contribution in [2.45, 2.75) is 13.0 Å². The normalized spacial score (nSPS) is 12.4. The Labute approximate surface area is 107 Å². The summed E-state index contributed by atoms with van der Waals surface area (Å²) in [5, 5.41) is 0. The van der Waals surface area contributed by atoms with Gasteiger partial charge in [0, 0.05) is 12.4 Å². The van der Waals surface area contributed by atoms with Crippen molar-refractivity contribution in [1.29, 1.82) is 0 Å². The van der Waals surface area contributed by atoms with Crippen molar-refractivity contribution < 1.29 is 13.0 Å². The zero-order valence-electron chi connectivity index (χ0n) is 10.3. The van der Waals surface area contributed by atoms with E-state index in [0.29, 0.717) is 12.3 Å². The van der Waals surface area contributed by atoms with Gasteiger partial charge in [0.2, 0.25) is 0 Å². The van der Waals surface area contributed by atoms with Gasteiger partial charge in [-0.1, -0.05) is 30.3 Å². The minimum Gasteiger partial charge on any atom is -0.330 e. The van der Waals surface area contributed by atoms with Crippen LogP contribution in [0.25, 0.3) is 0 Å². The van der Waals surface area contributed by atoms with Crippen LogP contribution in [0.2, 0.25) is 0 Å². The molecule has 1 N–H and O–H groups in total. The lowest BCUT2D eigenvalue weighted by atomic mass is 10.1. The minimum absolute atomic E-state index is 0.365. The van der Waals surface area contributed by atoms with Gasteiger partial charge in [0.1, 0.15) is 0 Å². The summed E-state index contributed by atoms with van der Waals surface area (Å²) in [6.45, 7) is 2.16. The molecule has 5 nitrogen and oxygen atoms in total. The number of nitrogens with zero attached hydrogens (tertiary/aromatic N) is 2. The summed E-state index contributed by atoms with van der Waals surface area (Å²) in [5.41, 5.74) is 1.31. The van der Waals surface area contributed by atoms with E-state index in [0.717, 1.165) is 0 Å². The highest BCUT2D eigenvalue weighted by atomic mass is 32.2. The van der Waals surface area contributed by atoms with Gasteiger partial charge in [-0.15, -0.1) is 0 Å². The average molecular weight is 268 g/mol. The molecule has 0 radical (unpaired) electrons. The number of rotatable bonds is 2. The van der Waals surface area contributed by atoms with Crippen molar-refractivity contribution in [3.8, 4) is 0 Å². The lowest BCUT2D eigenvalue weighted by Gasteiger charge is -2.12. The van der Waals surface area contributed by atoms with E-state index in [1.165, 1.54) is 5.56 Å². The van der Waals surface area contributed by atoms with E-state index in [-0.39, 0.29) is 0 Å². The van der Waals surface area contributed by atoms with Crippen LogP contribution in [0.5, 0.6) is 0 Å². The van der Waals surface area contributed by atoms with Gasteiger partial charge >= 0.3 is 0 Å². The topological polar surface area (TPSA) is 72.2 Å². The predicted molar refractivity (Wildman–Crippen MR) is 70.0 cm³/mol. The molecule has 0 bridgehead atoms. The van der Waals surface area contributed by atoms with Gasteiger partial charge in [0.05, 0.1) is 18.6 Å². The Morgan fingerprint density at radius 1 is 1.28 bits per heavy atom. The Bertz CT molecular complexity index is 542. The van der Waals surface area contributed by atoms with Gasteiger partial charge in [-0.05, 0) is 12.5 Å². The average Bonchev–Trinajstić information content (AvgIpc) is 2.80. The van der Waals surface area contributed by atoms with Crippen LogP contribution in [0, 0.1) is 0 Å². The van der Waals surface area contributed by atoms with Crippen molar-refractivity contribution in [3.05, 3.63) is 54.6 Å². The van der Waals surface area contributed by atoms with E-state index in [4.69, 9.17) is 4.55 Å². The zero-order chi connectivity index (χ0) is 13.6. The number of hydrogen-bond donors (Lipinski definition) is 1. The molecular weight excluding hydrogens is 252 g/mol. The fourth-order valence-corrected chi connectivity index (χ4v) is 1.40. The highest BCUT2D eigenvalue weighted by molar-refractivity contribution is 7.85. The van der Waals surface area contributed by atoms with Gasteiger partial charge < -0.3 is 4.57 Å². The third kappa shape index (κ3) is 5.60. The minimum atomic E-state index is -3.67. The summed E-state index contributed by atoms with van der Waals surface area (Å²) in [6, 6.07) is 10.8. The molecule has 0 saturated carbocycles. The second-order valence-corrected chi connectivity index (χ2v) is 5.30. The molecule has 0 spiro atoms. The monoisotopic (exact) mass is 268 g/mol. The molecule has 0 aliphatic heterocycles. The van der Waals surface area contributed by atoms with Crippen molar-refractivity contribution in [2.75, 3.05) is 6.26 Å². The first kappa shape index (κ1) is 14.4. The van der Waals surface area contributed by atoms with Crippen molar-refractivity contribution in [2.24, 2.45) is 0 Å². The summed E-state index contributed by atoms with van der Waals surface area (Å²) in [4.78, 5) is 4.03. The third-order valence-electron chi connectivity index (χ3n) is 2.25. The zero-order valence-corrected chi connectivity index (χ0v) is 11.1. The maximum atomic E-state index is 9.19. The molecule has 0 saturated heterocycles. The molecule has 1 heterocycles. The number of aromatic nitrogens is 2. The van der Waals surface area contributed by atoms with Crippen LogP contribution in [-0.2, 0) is 10.1 Å². The molecule has 0 aliphatic carbocycles. The molecule has 1 aromatic heterocycles. The van der Waals surface area contributed by atoms with E-state index in [1.807, 2.05) is 18.6 Å². The largest absolute Gasteiger partial charge is 0.330 e. The summed E-state index contributed by atoms with van der Waals surface area (Å²) >= 11 is 0. The van der Waals surface area contributed by atoms with Crippen molar-refractivity contribution in [1.82, 2.24) is 9.55 Å². The standard InChI is InChI=1S/C11H12N2.CH4O3S/c1-10(13-8-7-12-9-13)11-5-3-2-4-6-11;1-5(2,3)4/h2-10H,1H3;1H3,(H,2,3,4). The van der Waals surface area contributed by atoms with E-state index in [1.54, 1.807) is 6.20 Å². The maximum Gasteiger partial charge on any atom is 0.261 e. The molecular formula is C12H16N2O3S. The fraction of sp³-hybridized carbons (Fsp3) is 0.250. The van der Waals surface area contributed by atoms with Crippen LogP contribution in [0.4, 0.5) is 0 Å². The van der Waals surface area contributed by atoms with E-state index < -0.39 is 10.1 Å².